The lowest BCUT2D eigenvalue weighted by Crippen LogP contribution is -2.31. The van der Waals surface area contributed by atoms with Gasteiger partial charge in [-0.2, -0.15) is 0 Å². The Bertz CT molecular complexity index is 1510. The van der Waals surface area contributed by atoms with E-state index in [0.717, 1.165) is 107 Å². The summed E-state index contributed by atoms with van der Waals surface area (Å²) >= 11 is 0. The number of hydrogen-bond acceptors (Lipinski definition) is 1. The van der Waals surface area contributed by atoms with Crippen LogP contribution < -0.4 is 0 Å². The molecule has 0 saturated heterocycles. The second-order valence-electron chi connectivity index (χ2n) is 29.6. The van der Waals surface area contributed by atoms with E-state index in [0.29, 0.717) is 11.8 Å². The Morgan fingerprint density at radius 3 is 0.760 bits per heavy atom. The monoisotopic (exact) mass is 1040 g/mol. The molecule has 0 aromatic rings. The van der Waals surface area contributed by atoms with Crippen molar-refractivity contribution >= 4 is 0 Å². The van der Waals surface area contributed by atoms with Gasteiger partial charge in [-0.05, 0) is 257 Å². The zero-order valence-electron chi connectivity index (χ0n) is 55.5. The molecule has 1 saturated carbocycles. The van der Waals surface area contributed by atoms with Crippen molar-refractivity contribution in [2.24, 2.45) is 112 Å². The maximum Gasteiger partial charge on any atom is 0.0573 e. The Balaban J connectivity index is 0.000000438. The molecule has 0 aromatic carbocycles. The molecule has 1 N–H and O–H groups in total. The molecule has 0 aliphatic heterocycles. The molecule has 0 radical (unpaired) electrons. The van der Waals surface area contributed by atoms with Crippen LogP contribution in [-0.2, 0) is 0 Å². The zero-order valence-corrected chi connectivity index (χ0v) is 55.5. The quantitative estimate of drug-likeness (QED) is 0.252. The largest absolute Gasteiger partial charge is 0.393 e. The van der Waals surface area contributed by atoms with Gasteiger partial charge >= 0.3 is 0 Å². The minimum Gasteiger partial charge on any atom is -0.393 e. The minimum atomic E-state index is -0.0289. The fraction of sp³-hybridized carbons (Fsp3) is 0.838. The highest BCUT2D eigenvalue weighted by atomic mass is 16.3. The minimum absolute atomic E-state index is 0.0289. The van der Waals surface area contributed by atoms with Crippen LogP contribution in [0.25, 0.3) is 0 Å². The first-order valence-electron chi connectivity index (χ1n) is 32.6. The number of hydrogen-bond donors (Lipinski definition) is 1. The summed E-state index contributed by atoms with van der Waals surface area (Å²) in [6.07, 6.45) is 36.7. The van der Waals surface area contributed by atoms with E-state index < -0.39 is 0 Å². The molecular formula is C74H136O. The standard InChI is InChI=1S/4C11H20.C10H20O.2C10H18/c4*1-8(2)11-6-5-9(3)7-10(11)4;1-7(2)9-5-4-8(3)6-10(9)11;2*1-8(2)10-6-4-9(3)5-7-10/h4*5,8,10-11H,6-7H2,1-4H3;7-11H,4-6H2,1-3H3;2*4,8,10H,5-7H2,1-3H3/t2*10-,11+;2*10-,11-;8-,9+,10+;2*10-/m1010110/s1. The molecule has 7 rings (SSSR count). The zero-order chi connectivity index (χ0) is 57.3. The molecule has 1 fully saturated rings. The molecule has 13 atom stereocenters. The van der Waals surface area contributed by atoms with Gasteiger partial charge in [0.05, 0.1) is 6.10 Å². The van der Waals surface area contributed by atoms with Crippen LogP contribution in [0.3, 0.4) is 0 Å². The highest BCUT2D eigenvalue weighted by molar-refractivity contribution is 5.08. The highest BCUT2D eigenvalue weighted by Gasteiger charge is 2.29. The van der Waals surface area contributed by atoms with Crippen molar-refractivity contribution in [3.05, 3.63) is 69.9 Å². The summed E-state index contributed by atoms with van der Waals surface area (Å²) in [6.45, 7) is 57.8. The molecule has 1 heteroatoms. The SMILES string of the molecule is CC(C)[C@@H]1CC[C@@H](C)C[C@@H]1O.CC1=CC[C@@H](C(C)C)CC1.CC1=CC[C@@H](C(C)C)[C@@H](C)C1.CC1=CC[C@@H](C(C)C)[C@H](C)C1.CC1=CC[C@H](C(C)C)CC1.CC1=CC[C@H](C(C)C)[C@@H](C)C1.CC1=CC[C@H](C(C)C)[C@H](C)C1. The topological polar surface area (TPSA) is 20.2 Å². The maximum absolute atomic E-state index is 9.71. The fourth-order valence-electron chi connectivity index (χ4n) is 14.3. The summed E-state index contributed by atoms with van der Waals surface area (Å²) in [4.78, 5) is 0. The van der Waals surface area contributed by atoms with E-state index in [1.807, 2.05) is 0 Å². The maximum atomic E-state index is 9.71. The van der Waals surface area contributed by atoms with Gasteiger partial charge < -0.3 is 5.11 Å². The van der Waals surface area contributed by atoms with Crippen molar-refractivity contribution in [3.8, 4) is 0 Å². The van der Waals surface area contributed by atoms with Crippen molar-refractivity contribution in [1.82, 2.24) is 0 Å². The van der Waals surface area contributed by atoms with Gasteiger partial charge in [-0.3, -0.25) is 0 Å². The van der Waals surface area contributed by atoms with E-state index in [1.165, 1.54) is 103 Å². The smallest absolute Gasteiger partial charge is 0.0573 e. The lowest BCUT2D eigenvalue weighted by atomic mass is 9.75. The average Bonchev–Trinajstić information content (AvgIpc) is 3.30. The normalized spacial score (nSPS) is 31.9. The summed E-state index contributed by atoms with van der Waals surface area (Å²) < 4.78 is 0. The van der Waals surface area contributed by atoms with Crippen LogP contribution >= 0.6 is 0 Å². The van der Waals surface area contributed by atoms with Crippen molar-refractivity contribution < 1.29 is 5.11 Å². The van der Waals surface area contributed by atoms with Crippen LogP contribution in [0.1, 0.15) is 282 Å². The average molecular weight is 1040 g/mol. The van der Waals surface area contributed by atoms with Crippen LogP contribution in [0.5, 0.6) is 0 Å². The molecule has 7 aliphatic rings. The van der Waals surface area contributed by atoms with Gasteiger partial charge in [0.25, 0.3) is 0 Å². The molecule has 0 amide bonds. The van der Waals surface area contributed by atoms with Gasteiger partial charge in [0, 0.05) is 0 Å². The highest BCUT2D eigenvalue weighted by Crippen LogP contribution is 2.38. The van der Waals surface area contributed by atoms with Crippen LogP contribution in [0.4, 0.5) is 0 Å². The second-order valence-corrected chi connectivity index (χ2v) is 29.6. The Hall–Kier alpha value is -1.60. The third kappa shape index (κ3) is 28.9. The molecule has 0 unspecified atom stereocenters. The van der Waals surface area contributed by atoms with Crippen molar-refractivity contribution in [2.75, 3.05) is 0 Å². The van der Waals surface area contributed by atoms with Crippen LogP contribution in [-0.4, -0.2) is 11.2 Å². The molecule has 0 aromatic heterocycles. The van der Waals surface area contributed by atoms with E-state index in [-0.39, 0.29) is 6.10 Å². The summed E-state index contributed by atoms with van der Waals surface area (Å²) in [5, 5.41) is 9.71. The third-order valence-electron chi connectivity index (χ3n) is 20.1. The predicted octanol–water partition coefficient (Wildman–Crippen LogP) is 23.8. The van der Waals surface area contributed by atoms with E-state index in [1.54, 1.807) is 33.4 Å². The Morgan fingerprint density at radius 2 is 0.573 bits per heavy atom. The van der Waals surface area contributed by atoms with E-state index >= 15 is 0 Å². The molecular weight excluding hydrogens is 905 g/mol. The van der Waals surface area contributed by atoms with Crippen molar-refractivity contribution in [2.45, 2.75) is 288 Å². The number of aliphatic hydroxyl groups excluding tert-OH is 1. The van der Waals surface area contributed by atoms with Gasteiger partial charge in [0.1, 0.15) is 0 Å². The summed E-state index contributed by atoms with van der Waals surface area (Å²) in [5.41, 5.74) is 9.56. The molecule has 7 aliphatic carbocycles. The Labute approximate surface area is 473 Å². The van der Waals surface area contributed by atoms with Crippen molar-refractivity contribution in [3.63, 3.8) is 0 Å². The van der Waals surface area contributed by atoms with E-state index in [2.05, 4.69) is 210 Å². The number of rotatable bonds is 7. The number of aliphatic hydroxyl groups is 1. The molecule has 1 nitrogen and oxygen atoms in total. The molecule has 0 heterocycles. The van der Waals surface area contributed by atoms with Crippen molar-refractivity contribution in [1.29, 1.82) is 0 Å². The van der Waals surface area contributed by atoms with Crippen LogP contribution in [0.2, 0.25) is 0 Å². The molecule has 0 bridgehead atoms. The van der Waals surface area contributed by atoms with E-state index in [9.17, 15) is 5.11 Å². The van der Waals surface area contributed by atoms with Crippen LogP contribution in [0, 0.1) is 112 Å². The van der Waals surface area contributed by atoms with Gasteiger partial charge in [-0.1, -0.05) is 208 Å². The number of allylic oxidation sites excluding steroid dienone is 12. The fourth-order valence-corrected chi connectivity index (χ4v) is 14.3. The first kappa shape index (κ1) is 71.4. The Kier molecular flexibility index (Phi) is 35.6. The lowest BCUT2D eigenvalue weighted by molar-refractivity contribution is 0.0266. The van der Waals surface area contributed by atoms with Crippen LogP contribution in [0.15, 0.2) is 69.9 Å². The first-order valence-corrected chi connectivity index (χ1v) is 32.6. The molecule has 0 spiro atoms. The summed E-state index contributed by atoms with van der Waals surface area (Å²) in [7, 11) is 0. The third-order valence-corrected chi connectivity index (χ3v) is 20.1. The molecule has 438 valence electrons. The second kappa shape index (κ2) is 37.4. The summed E-state index contributed by atoms with van der Waals surface area (Å²) in [6, 6.07) is 0. The van der Waals surface area contributed by atoms with Gasteiger partial charge in [0.2, 0.25) is 0 Å². The van der Waals surface area contributed by atoms with E-state index in [4.69, 9.17) is 0 Å². The van der Waals surface area contributed by atoms with Gasteiger partial charge in [-0.25, -0.2) is 0 Å². The Morgan fingerprint density at radius 1 is 0.320 bits per heavy atom. The predicted molar refractivity (Wildman–Crippen MR) is 341 cm³/mol. The first-order chi connectivity index (χ1) is 34.9. The van der Waals surface area contributed by atoms with Gasteiger partial charge in [-0.15, -0.1) is 0 Å². The lowest BCUT2D eigenvalue weighted by Gasteiger charge is -2.33. The summed E-state index contributed by atoms with van der Waals surface area (Å²) in [5.74, 6) is 16.4. The molecule has 75 heavy (non-hydrogen) atoms. The van der Waals surface area contributed by atoms with Gasteiger partial charge in [0.15, 0.2) is 0 Å².